The Kier molecular flexibility index (Phi) is 6.68. The molecule has 0 spiro atoms. The second kappa shape index (κ2) is 8.76. The zero-order valence-electron chi connectivity index (χ0n) is 13.7. The van der Waals surface area contributed by atoms with Gasteiger partial charge in [0.25, 0.3) is 0 Å². The van der Waals surface area contributed by atoms with Crippen LogP contribution in [0.3, 0.4) is 0 Å². The Balaban J connectivity index is 1.80. The first-order chi connectivity index (χ1) is 10.7. The van der Waals surface area contributed by atoms with Crippen LogP contribution in [0.4, 0.5) is 10.5 Å². The largest absolute Gasteiger partial charge is 0.385 e. The molecule has 1 aromatic carbocycles. The molecule has 0 atom stereocenters. The summed E-state index contributed by atoms with van der Waals surface area (Å²) in [5, 5.41) is 3.05. The summed E-state index contributed by atoms with van der Waals surface area (Å²) in [4.78, 5) is 16.7. The molecule has 0 aromatic heterocycles. The molecule has 1 saturated heterocycles. The summed E-state index contributed by atoms with van der Waals surface area (Å²) < 4.78 is 5.08. The summed E-state index contributed by atoms with van der Waals surface area (Å²) in [5.74, 6) is 0. The zero-order valence-corrected chi connectivity index (χ0v) is 13.7. The number of aryl methyl sites for hydroxylation is 1. The quantitative estimate of drug-likeness (QED) is 0.821. The van der Waals surface area contributed by atoms with Crippen LogP contribution in [0.25, 0.3) is 0 Å². The standard InChI is InChI=1S/C17H27N3O2/c1-3-15-7-4-5-8-16(15)18-17(21)20-12-10-19(11-13-20)9-6-14-22-2/h4-5,7-8H,3,6,9-14H2,1-2H3,(H,18,21). The van der Waals surface area contributed by atoms with Crippen LogP contribution in [-0.4, -0.2) is 62.3 Å². The molecule has 5 nitrogen and oxygen atoms in total. The van der Waals surface area contributed by atoms with E-state index in [1.807, 2.05) is 23.1 Å². The van der Waals surface area contributed by atoms with Crippen molar-refractivity contribution in [2.24, 2.45) is 0 Å². The Morgan fingerprint density at radius 1 is 1.23 bits per heavy atom. The number of methoxy groups -OCH3 is 1. The Morgan fingerprint density at radius 3 is 2.64 bits per heavy atom. The summed E-state index contributed by atoms with van der Waals surface area (Å²) >= 11 is 0. The van der Waals surface area contributed by atoms with Gasteiger partial charge in [-0.2, -0.15) is 0 Å². The number of benzene rings is 1. The van der Waals surface area contributed by atoms with E-state index in [0.717, 1.165) is 57.9 Å². The van der Waals surface area contributed by atoms with Crippen molar-refractivity contribution >= 4 is 11.7 Å². The molecule has 0 aliphatic carbocycles. The molecule has 1 aromatic rings. The third-order valence-electron chi connectivity index (χ3n) is 4.12. The highest BCUT2D eigenvalue weighted by atomic mass is 16.5. The van der Waals surface area contributed by atoms with E-state index in [1.165, 1.54) is 5.56 Å². The smallest absolute Gasteiger partial charge is 0.321 e. The van der Waals surface area contributed by atoms with Gasteiger partial charge in [-0.25, -0.2) is 4.79 Å². The normalized spacial score (nSPS) is 15.8. The fourth-order valence-electron chi connectivity index (χ4n) is 2.75. The van der Waals surface area contributed by atoms with Gasteiger partial charge in [0.2, 0.25) is 0 Å². The molecule has 122 valence electrons. The Morgan fingerprint density at radius 2 is 1.95 bits per heavy atom. The number of urea groups is 1. The molecule has 0 saturated carbocycles. The number of hydrogen-bond acceptors (Lipinski definition) is 3. The van der Waals surface area contributed by atoms with Gasteiger partial charge in [-0.15, -0.1) is 0 Å². The lowest BCUT2D eigenvalue weighted by atomic mass is 10.1. The van der Waals surface area contributed by atoms with Gasteiger partial charge in [0, 0.05) is 52.1 Å². The summed E-state index contributed by atoms with van der Waals surface area (Å²) in [6.07, 6.45) is 1.97. The first-order valence-corrected chi connectivity index (χ1v) is 8.09. The summed E-state index contributed by atoms with van der Waals surface area (Å²) in [5.41, 5.74) is 2.10. The second-order valence-corrected chi connectivity index (χ2v) is 5.62. The number of piperazine rings is 1. The minimum atomic E-state index is 0.0115. The van der Waals surface area contributed by atoms with Gasteiger partial charge < -0.3 is 15.0 Å². The predicted molar refractivity (Wildman–Crippen MR) is 89.3 cm³/mol. The van der Waals surface area contributed by atoms with Crippen LogP contribution in [0, 0.1) is 0 Å². The lowest BCUT2D eigenvalue weighted by Crippen LogP contribution is -2.50. The van der Waals surface area contributed by atoms with Crippen LogP contribution in [0.15, 0.2) is 24.3 Å². The molecular weight excluding hydrogens is 278 g/mol. The molecule has 1 N–H and O–H groups in total. The number of rotatable bonds is 6. The topological polar surface area (TPSA) is 44.8 Å². The molecular formula is C17H27N3O2. The Hall–Kier alpha value is -1.59. The summed E-state index contributed by atoms with van der Waals surface area (Å²) in [7, 11) is 1.73. The first kappa shape index (κ1) is 16.8. The molecule has 1 fully saturated rings. The number of hydrogen-bond donors (Lipinski definition) is 1. The summed E-state index contributed by atoms with van der Waals surface area (Å²) in [6, 6.07) is 8.01. The van der Waals surface area contributed by atoms with Gasteiger partial charge in [0.15, 0.2) is 0 Å². The highest BCUT2D eigenvalue weighted by Gasteiger charge is 2.21. The van der Waals surface area contributed by atoms with E-state index in [9.17, 15) is 4.79 Å². The molecule has 0 radical (unpaired) electrons. The number of nitrogens with one attached hydrogen (secondary N) is 1. The van der Waals surface area contributed by atoms with Crippen LogP contribution >= 0.6 is 0 Å². The monoisotopic (exact) mass is 305 g/mol. The minimum absolute atomic E-state index is 0.0115. The zero-order chi connectivity index (χ0) is 15.8. The molecule has 22 heavy (non-hydrogen) atoms. The van der Waals surface area contributed by atoms with E-state index >= 15 is 0 Å². The van der Waals surface area contributed by atoms with E-state index in [1.54, 1.807) is 7.11 Å². The molecule has 2 amide bonds. The number of carbonyl (C=O) groups excluding carboxylic acids is 1. The van der Waals surface area contributed by atoms with Crippen molar-refractivity contribution in [3.8, 4) is 0 Å². The molecule has 1 aliphatic heterocycles. The third-order valence-corrected chi connectivity index (χ3v) is 4.12. The van der Waals surface area contributed by atoms with Gasteiger partial charge in [-0.1, -0.05) is 25.1 Å². The van der Waals surface area contributed by atoms with Gasteiger partial charge in [0.05, 0.1) is 0 Å². The number of nitrogens with zero attached hydrogens (tertiary/aromatic N) is 2. The average Bonchev–Trinajstić information content (AvgIpc) is 2.56. The first-order valence-electron chi connectivity index (χ1n) is 8.09. The van der Waals surface area contributed by atoms with Gasteiger partial charge >= 0.3 is 6.03 Å². The number of amides is 2. The van der Waals surface area contributed by atoms with E-state index in [2.05, 4.69) is 23.2 Å². The van der Waals surface area contributed by atoms with E-state index in [0.29, 0.717) is 0 Å². The molecule has 2 rings (SSSR count). The lowest BCUT2D eigenvalue weighted by molar-refractivity contribution is 0.130. The Labute approximate surface area is 133 Å². The van der Waals surface area contributed by atoms with Crippen LogP contribution in [0.2, 0.25) is 0 Å². The molecule has 1 heterocycles. The Bertz CT molecular complexity index is 471. The second-order valence-electron chi connectivity index (χ2n) is 5.62. The summed E-state index contributed by atoms with van der Waals surface area (Å²) in [6.45, 7) is 7.39. The van der Waals surface area contributed by atoms with Crippen molar-refractivity contribution in [2.75, 3.05) is 51.8 Å². The van der Waals surface area contributed by atoms with Crippen LogP contribution < -0.4 is 5.32 Å². The molecule has 0 bridgehead atoms. The van der Waals surface area contributed by atoms with Crippen molar-refractivity contribution < 1.29 is 9.53 Å². The number of ether oxygens (including phenoxy) is 1. The number of para-hydroxylation sites is 1. The van der Waals surface area contributed by atoms with Gasteiger partial charge in [-0.3, -0.25) is 4.90 Å². The van der Waals surface area contributed by atoms with E-state index in [4.69, 9.17) is 4.74 Å². The molecule has 0 unspecified atom stereocenters. The fourth-order valence-corrected chi connectivity index (χ4v) is 2.75. The van der Waals surface area contributed by atoms with Gasteiger partial charge in [-0.05, 0) is 24.5 Å². The molecule has 1 aliphatic rings. The van der Waals surface area contributed by atoms with Crippen molar-refractivity contribution in [2.45, 2.75) is 19.8 Å². The highest BCUT2D eigenvalue weighted by Crippen LogP contribution is 2.16. The maximum atomic E-state index is 12.4. The number of carbonyl (C=O) groups is 1. The fraction of sp³-hybridized carbons (Fsp3) is 0.588. The molecule has 5 heteroatoms. The van der Waals surface area contributed by atoms with Crippen LogP contribution in [0.1, 0.15) is 18.9 Å². The lowest BCUT2D eigenvalue weighted by Gasteiger charge is -2.34. The van der Waals surface area contributed by atoms with Crippen LogP contribution in [0.5, 0.6) is 0 Å². The highest BCUT2D eigenvalue weighted by molar-refractivity contribution is 5.90. The van der Waals surface area contributed by atoms with E-state index in [-0.39, 0.29) is 6.03 Å². The van der Waals surface area contributed by atoms with Crippen molar-refractivity contribution in [3.63, 3.8) is 0 Å². The van der Waals surface area contributed by atoms with Crippen molar-refractivity contribution in [1.82, 2.24) is 9.80 Å². The minimum Gasteiger partial charge on any atom is -0.385 e. The predicted octanol–water partition coefficient (Wildman–Crippen LogP) is 2.44. The van der Waals surface area contributed by atoms with Crippen LogP contribution in [-0.2, 0) is 11.2 Å². The third kappa shape index (κ3) is 4.71. The number of anilines is 1. The van der Waals surface area contributed by atoms with Gasteiger partial charge in [0.1, 0.15) is 0 Å². The van der Waals surface area contributed by atoms with Crippen molar-refractivity contribution in [1.29, 1.82) is 0 Å². The van der Waals surface area contributed by atoms with E-state index < -0.39 is 0 Å². The maximum Gasteiger partial charge on any atom is 0.321 e. The SMILES string of the molecule is CCc1ccccc1NC(=O)N1CCN(CCCOC)CC1. The average molecular weight is 305 g/mol. The van der Waals surface area contributed by atoms with Crippen molar-refractivity contribution in [3.05, 3.63) is 29.8 Å². The maximum absolute atomic E-state index is 12.4.